The molecular formula is C21H25NO4. The van der Waals surface area contributed by atoms with E-state index >= 15 is 0 Å². The molecule has 138 valence electrons. The van der Waals surface area contributed by atoms with Crippen molar-refractivity contribution in [3.63, 3.8) is 0 Å². The molecule has 0 bridgehead atoms. The molecule has 2 aromatic rings. The van der Waals surface area contributed by atoms with Crippen molar-refractivity contribution in [2.24, 2.45) is 0 Å². The van der Waals surface area contributed by atoms with E-state index in [1.807, 2.05) is 37.3 Å². The van der Waals surface area contributed by atoms with Gasteiger partial charge in [-0.1, -0.05) is 32.0 Å². The molecule has 1 aliphatic heterocycles. The van der Waals surface area contributed by atoms with Gasteiger partial charge in [-0.25, -0.2) is 0 Å². The first kappa shape index (κ1) is 18.1. The van der Waals surface area contributed by atoms with Gasteiger partial charge in [-0.15, -0.1) is 0 Å². The molecule has 0 saturated carbocycles. The fourth-order valence-electron chi connectivity index (χ4n) is 2.72. The number of hydrogen-bond acceptors (Lipinski definition) is 4. The Morgan fingerprint density at radius 1 is 1.12 bits per heavy atom. The van der Waals surface area contributed by atoms with E-state index in [0.717, 1.165) is 28.4 Å². The Hall–Kier alpha value is -2.69. The third kappa shape index (κ3) is 4.48. The summed E-state index contributed by atoms with van der Waals surface area (Å²) in [4.78, 5) is 12.1. The van der Waals surface area contributed by atoms with Gasteiger partial charge >= 0.3 is 0 Å². The number of hydrogen-bond donors (Lipinski definition) is 1. The molecule has 1 aliphatic rings. The third-order valence-electron chi connectivity index (χ3n) is 4.33. The number of benzene rings is 2. The van der Waals surface area contributed by atoms with Gasteiger partial charge in [0.1, 0.15) is 19.0 Å². The van der Waals surface area contributed by atoms with Crippen LogP contribution in [-0.4, -0.2) is 25.7 Å². The van der Waals surface area contributed by atoms with Crippen molar-refractivity contribution in [1.82, 2.24) is 5.32 Å². The number of rotatable bonds is 6. The quantitative estimate of drug-likeness (QED) is 0.860. The first-order valence-corrected chi connectivity index (χ1v) is 8.91. The lowest BCUT2D eigenvalue weighted by atomic mass is 10.0. The smallest absolute Gasteiger partial charge is 0.258 e. The maximum Gasteiger partial charge on any atom is 0.258 e. The van der Waals surface area contributed by atoms with Crippen LogP contribution in [-0.2, 0) is 11.3 Å². The monoisotopic (exact) mass is 355 g/mol. The second-order valence-electron chi connectivity index (χ2n) is 6.72. The predicted molar refractivity (Wildman–Crippen MR) is 100 cm³/mol. The van der Waals surface area contributed by atoms with E-state index in [-0.39, 0.29) is 12.5 Å². The lowest BCUT2D eigenvalue weighted by molar-refractivity contribution is -0.123. The number of nitrogens with one attached hydrogen (secondary N) is 1. The van der Waals surface area contributed by atoms with Gasteiger partial charge in [0.2, 0.25) is 0 Å². The summed E-state index contributed by atoms with van der Waals surface area (Å²) < 4.78 is 16.8. The summed E-state index contributed by atoms with van der Waals surface area (Å²) in [5, 5.41) is 2.87. The Kier molecular flexibility index (Phi) is 5.66. The molecule has 0 unspecified atom stereocenters. The third-order valence-corrected chi connectivity index (χ3v) is 4.33. The average Bonchev–Trinajstić information content (AvgIpc) is 2.65. The van der Waals surface area contributed by atoms with E-state index in [0.29, 0.717) is 25.7 Å². The van der Waals surface area contributed by atoms with Crippen molar-refractivity contribution in [3.05, 3.63) is 53.1 Å². The lowest BCUT2D eigenvalue weighted by Gasteiger charge is -2.19. The Labute approximate surface area is 154 Å². The van der Waals surface area contributed by atoms with Crippen LogP contribution < -0.4 is 19.5 Å². The Bertz CT molecular complexity index is 786. The minimum Gasteiger partial charge on any atom is -0.486 e. The molecule has 0 fully saturated rings. The largest absolute Gasteiger partial charge is 0.486 e. The van der Waals surface area contributed by atoms with Crippen molar-refractivity contribution >= 4 is 5.91 Å². The van der Waals surface area contributed by atoms with Gasteiger partial charge in [-0.2, -0.15) is 0 Å². The predicted octanol–water partition coefficient (Wildman–Crippen LogP) is 3.58. The van der Waals surface area contributed by atoms with Crippen LogP contribution in [0.3, 0.4) is 0 Å². The first-order valence-electron chi connectivity index (χ1n) is 8.91. The molecular weight excluding hydrogens is 330 g/mol. The molecule has 26 heavy (non-hydrogen) atoms. The Morgan fingerprint density at radius 3 is 2.65 bits per heavy atom. The summed E-state index contributed by atoms with van der Waals surface area (Å²) in [6, 6.07) is 11.8. The summed E-state index contributed by atoms with van der Waals surface area (Å²) in [5.74, 6) is 2.48. The molecule has 0 aromatic heterocycles. The minimum absolute atomic E-state index is 0.00700. The summed E-state index contributed by atoms with van der Waals surface area (Å²) in [6.45, 7) is 7.77. The minimum atomic E-state index is -0.158. The molecule has 2 aromatic carbocycles. The Morgan fingerprint density at radius 2 is 1.88 bits per heavy atom. The molecule has 0 saturated heterocycles. The van der Waals surface area contributed by atoms with Crippen LogP contribution in [0, 0.1) is 6.92 Å². The maximum absolute atomic E-state index is 12.1. The van der Waals surface area contributed by atoms with Crippen molar-refractivity contribution in [3.8, 4) is 17.2 Å². The summed E-state index contributed by atoms with van der Waals surface area (Å²) >= 11 is 0. The van der Waals surface area contributed by atoms with E-state index < -0.39 is 0 Å². The van der Waals surface area contributed by atoms with Crippen molar-refractivity contribution in [1.29, 1.82) is 0 Å². The van der Waals surface area contributed by atoms with Gasteiger partial charge in [0.15, 0.2) is 18.1 Å². The van der Waals surface area contributed by atoms with Crippen LogP contribution in [0.5, 0.6) is 17.2 Å². The number of fused-ring (bicyclic) bond motifs is 1. The summed E-state index contributed by atoms with van der Waals surface area (Å²) in [5.41, 5.74) is 3.18. The average molecular weight is 355 g/mol. The number of aryl methyl sites for hydroxylation is 1. The number of ether oxygens (including phenoxy) is 3. The second kappa shape index (κ2) is 8.13. The van der Waals surface area contributed by atoms with Gasteiger partial charge in [-0.05, 0) is 47.7 Å². The molecule has 1 amide bonds. The molecule has 5 nitrogen and oxygen atoms in total. The van der Waals surface area contributed by atoms with Gasteiger partial charge in [0.05, 0.1) is 0 Å². The standard InChI is InChI=1S/C21H25NO4/c1-14(2)17-6-4-15(3)19(11-17)26-13-21(23)22-12-16-5-7-18-20(10-16)25-9-8-24-18/h4-7,10-11,14H,8-9,12-13H2,1-3H3,(H,22,23). The second-order valence-corrected chi connectivity index (χ2v) is 6.72. The highest BCUT2D eigenvalue weighted by Gasteiger charge is 2.12. The zero-order valence-corrected chi connectivity index (χ0v) is 15.5. The van der Waals surface area contributed by atoms with Crippen molar-refractivity contribution in [2.75, 3.05) is 19.8 Å². The van der Waals surface area contributed by atoms with Crippen molar-refractivity contribution < 1.29 is 19.0 Å². The van der Waals surface area contributed by atoms with Gasteiger partial charge in [-0.3, -0.25) is 4.79 Å². The Balaban J connectivity index is 1.52. The van der Waals surface area contributed by atoms with E-state index in [1.54, 1.807) is 0 Å². The van der Waals surface area contributed by atoms with E-state index in [2.05, 4.69) is 25.2 Å². The van der Waals surface area contributed by atoms with Crippen LogP contribution >= 0.6 is 0 Å². The van der Waals surface area contributed by atoms with Crippen LogP contribution in [0.15, 0.2) is 36.4 Å². The fraction of sp³-hybridized carbons (Fsp3) is 0.381. The van der Waals surface area contributed by atoms with Crippen LogP contribution in [0.1, 0.15) is 36.5 Å². The topological polar surface area (TPSA) is 56.8 Å². The van der Waals surface area contributed by atoms with E-state index in [4.69, 9.17) is 14.2 Å². The molecule has 1 N–H and O–H groups in total. The van der Waals surface area contributed by atoms with Gasteiger partial charge in [0, 0.05) is 6.54 Å². The van der Waals surface area contributed by atoms with Gasteiger partial charge < -0.3 is 19.5 Å². The number of carbonyl (C=O) groups excluding carboxylic acids is 1. The van der Waals surface area contributed by atoms with Crippen LogP contribution in [0.4, 0.5) is 0 Å². The molecule has 0 atom stereocenters. The van der Waals surface area contributed by atoms with Crippen LogP contribution in [0.25, 0.3) is 0 Å². The highest BCUT2D eigenvalue weighted by molar-refractivity contribution is 5.77. The molecule has 0 aliphatic carbocycles. The normalized spacial score (nSPS) is 12.8. The molecule has 0 radical (unpaired) electrons. The summed E-state index contributed by atoms with van der Waals surface area (Å²) in [6.07, 6.45) is 0. The zero-order valence-electron chi connectivity index (χ0n) is 15.5. The molecule has 0 spiro atoms. The maximum atomic E-state index is 12.1. The zero-order chi connectivity index (χ0) is 18.5. The highest BCUT2D eigenvalue weighted by Crippen LogP contribution is 2.30. The van der Waals surface area contributed by atoms with E-state index in [9.17, 15) is 4.79 Å². The molecule has 1 heterocycles. The highest BCUT2D eigenvalue weighted by atomic mass is 16.6. The molecule has 3 rings (SSSR count). The van der Waals surface area contributed by atoms with E-state index in [1.165, 1.54) is 5.56 Å². The summed E-state index contributed by atoms with van der Waals surface area (Å²) in [7, 11) is 0. The SMILES string of the molecule is Cc1ccc(C(C)C)cc1OCC(=O)NCc1ccc2c(c1)OCCO2. The number of amides is 1. The molecule has 5 heteroatoms. The van der Waals surface area contributed by atoms with Gasteiger partial charge in [0.25, 0.3) is 5.91 Å². The first-order chi connectivity index (χ1) is 12.5. The van der Waals surface area contributed by atoms with Crippen molar-refractivity contribution in [2.45, 2.75) is 33.2 Å². The fourth-order valence-corrected chi connectivity index (χ4v) is 2.72. The lowest BCUT2D eigenvalue weighted by Crippen LogP contribution is -2.28. The number of carbonyl (C=O) groups is 1. The van der Waals surface area contributed by atoms with Crippen LogP contribution in [0.2, 0.25) is 0 Å².